The van der Waals surface area contributed by atoms with Gasteiger partial charge in [-0.2, -0.15) is 0 Å². The number of imidazole rings is 1. The van der Waals surface area contributed by atoms with E-state index in [9.17, 15) is 4.79 Å². The second kappa shape index (κ2) is 5.75. The molecule has 1 aliphatic heterocycles. The van der Waals surface area contributed by atoms with Gasteiger partial charge in [0.05, 0.1) is 34.0 Å². The van der Waals surface area contributed by atoms with Gasteiger partial charge in [0.1, 0.15) is 11.0 Å². The monoisotopic (exact) mass is 367 g/mol. The topological polar surface area (TPSA) is 74.8 Å². The van der Waals surface area contributed by atoms with Crippen LogP contribution in [0.15, 0.2) is 42.2 Å². The van der Waals surface area contributed by atoms with Gasteiger partial charge < -0.3 is 9.88 Å². The Kier molecular flexibility index (Phi) is 3.39. The number of fused-ring (bicyclic) bond motifs is 2. The zero-order chi connectivity index (χ0) is 16.8. The van der Waals surface area contributed by atoms with E-state index in [2.05, 4.69) is 20.4 Å². The number of aromatic nitrogens is 4. The van der Waals surface area contributed by atoms with Gasteiger partial charge >= 0.3 is 0 Å². The van der Waals surface area contributed by atoms with Crippen LogP contribution in [0.25, 0.3) is 10.2 Å². The van der Waals surface area contributed by atoms with Crippen molar-refractivity contribution in [2.45, 2.75) is 12.5 Å². The number of hydrogen-bond donors (Lipinski definition) is 1. The molecule has 0 aliphatic carbocycles. The molecule has 25 heavy (non-hydrogen) atoms. The second-order valence-corrected chi connectivity index (χ2v) is 7.57. The minimum absolute atomic E-state index is 0.0216. The first-order chi connectivity index (χ1) is 12.3. The van der Waals surface area contributed by atoms with Gasteiger partial charge in [0.15, 0.2) is 0 Å². The first-order valence-corrected chi connectivity index (χ1v) is 9.54. The van der Waals surface area contributed by atoms with Crippen molar-refractivity contribution >= 4 is 39.0 Å². The predicted octanol–water partition coefficient (Wildman–Crippen LogP) is 3.26. The van der Waals surface area contributed by atoms with Crippen molar-refractivity contribution in [2.24, 2.45) is 0 Å². The standard InChI is InChI=1S/C17H13N5OS2/c23-17(10-7-20-24-8-10)22-6-5-12-14(19-9-18-12)15(22)16-21-11-3-1-2-4-13(11)25-16/h1-4,7-9,15H,5-6H2,(H,18,19)/t15-/m0/s1. The normalized spacial score (nSPS) is 17.0. The van der Waals surface area contributed by atoms with Gasteiger partial charge in [0.2, 0.25) is 0 Å². The fourth-order valence-corrected chi connectivity index (χ4v) is 4.82. The van der Waals surface area contributed by atoms with Gasteiger partial charge in [0.25, 0.3) is 5.91 Å². The molecule has 0 radical (unpaired) electrons. The van der Waals surface area contributed by atoms with E-state index < -0.39 is 0 Å². The van der Waals surface area contributed by atoms with E-state index in [1.807, 2.05) is 23.1 Å². The third-order valence-electron chi connectivity index (χ3n) is 4.41. The molecule has 6 nitrogen and oxygen atoms in total. The Morgan fingerprint density at radius 2 is 2.24 bits per heavy atom. The number of thiazole rings is 1. The second-order valence-electron chi connectivity index (χ2n) is 5.85. The summed E-state index contributed by atoms with van der Waals surface area (Å²) in [4.78, 5) is 27.4. The van der Waals surface area contributed by atoms with Crippen LogP contribution in [0.1, 0.15) is 32.8 Å². The Bertz CT molecular complexity index is 1020. The van der Waals surface area contributed by atoms with Gasteiger partial charge in [0, 0.05) is 24.0 Å². The number of benzene rings is 1. The summed E-state index contributed by atoms with van der Waals surface area (Å²) in [5, 5.41) is 2.68. The van der Waals surface area contributed by atoms with Crippen LogP contribution in [0.4, 0.5) is 0 Å². The molecule has 0 saturated heterocycles. The molecule has 0 spiro atoms. The summed E-state index contributed by atoms with van der Waals surface area (Å²) in [5.41, 5.74) is 3.54. The highest BCUT2D eigenvalue weighted by Crippen LogP contribution is 2.38. The molecule has 4 aromatic rings. The molecule has 8 heteroatoms. The van der Waals surface area contributed by atoms with Crippen LogP contribution in [-0.4, -0.2) is 36.7 Å². The molecule has 1 aliphatic rings. The number of rotatable bonds is 2. The van der Waals surface area contributed by atoms with Gasteiger partial charge in [-0.05, 0) is 23.7 Å². The number of carbonyl (C=O) groups excluding carboxylic acids is 1. The van der Waals surface area contributed by atoms with Gasteiger partial charge in [-0.1, -0.05) is 12.1 Å². The maximum absolute atomic E-state index is 13.0. The SMILES string of the molecule is O=C(c1cnsc1)N1CCc2[nH]cnc2[C@H]1c1nc2ccccc2s1. The minimum atomic E-state index is -0.264. The van der Waals surface area contributed by atoms with E-state index in [-0.39, 0.29) is 11.9 Å². The van der Waals surface area contributed by atoms with E-state index >= 15 is 0 Å². The summed E-state index contributed by atoms with van der Waals surface area (Å²) >= 11 is 2.91. The first-order valence-electron chi connectivity index (χ1n) is 7.89. The van der Waals surface area contributed by atoms with E-state index in [1.165, 1.54) is 11.5 Å². The van der Waals surface area contributed by atoms with E-state index in [1.54, 1.807) is 29.2 Å². The number of amides is 1. The Hall–Kier alpha value is -2.58. The zero-order valence-electron chi connectivity index (χ0n) is 13.0. The number of carbonyl (C=O) groups is 1. The lowest BCUT2D eigenvalue weighted by Gasteiger charge is -2.33. The van der Waals surface area contributed by atoms with Gasteiger partial charge in [-0.15, -0.1) is 11.3 Å². The first kappa shape index (κ1) is 14.7. The quantitative estimate of drug-likeness (QED) is 0.590. The molecular formula is C17H13N5OS2. The average molecular weight is 367 g/mol. The van der Waals surface area contributed by atoms with Crippen LogP contribution in [-0.2, 0) is 6.42 Å². The largest absolute Gasteiger partial charge is 0.348 e. The molecule has 1 aromatic carbocycles. The van der Waals surface area contributed by atoms with Crippen molar-refractivity contribution < 1.29 is 4.79 Å². The number of nitrogens with zero attached hydrogens (tertiary/aromatic N) is 4. The minimum Gasteiger partial charge on any atom is -0.348 e. The molecule has 4 heterocycles. The lowest BCUT2D eigenvalue weighted by Crippen LogP contribution is -2.40. The van der Waals surface area contributed by atoms with Crippen molar-refractivity contribution in [1.82, 2.24) is 24.2 Å². The summed E-state index contributed by atoms with van der Waals surface area (Å²) in [6, 6.07) is 7.77. The Morgan fingerprint density at radius 1 is 1.32 bits per heavy atom. The smallest absolute Gasteiger partial charge is 0.257 e. The number of hydrogen-bond acceptors (Lipinski definition) is 6. The summed E-state index contributed by atoms with van der Waals surface area (Å²) in [6.45, 7) is 0.629. The maximum Gasteiger partial charge on any atom is 0.257 e. The number of para-hydroxylation sites is 1. The van der Waals surface area contributed by atoms with Crippen molar-refractivity contribution in [3.8, 4) is 0 Å². The molecule has 5 rings (SSSR count). The summed E-state index contributed by atoms with van der Waals surface area (Å²) < 4.78 is 5.18. The lowest BCUT2D eigenvalue weighted by molar-refractivity contribution is 0.0691. The van der Waals surface area contributed by atoms with Crippen molar-refractivity contribution in [3.63, 3.8) is 0 Å². The third kappa shape index (κ3) is 2.37. The number of H-pyrrole nitrogens is 1. The molecule has 0 fully saturated rings. The summed E-state index contributed by atoms with van der Waals surface area (Å²) in [7, 11) is 0. The zero-order valence-corrected chi connectivity index (χ0v) is 14.7. The van der Waals surface area contributed by atoms with Crippen molar-refractivity contribution in [3.05, 3.63) is 64.1 Å². The van der Waals surface area contributed by atoms with Crippen LogP contribution in [0.3, 0.4) is 0 Å². The van der Waals surface area contributed by atoms with Crippen molar-refractivity contribution in [2.75, 3.05) is 6.54 Å². The molecule has 1 atom stereocenters. The Labute approximate surface area is 151 Å². The van der Waals surface area contributed by atoms with Crippen LogP contribution < -0.4 is 0 Å². The number of nitrogens with one attached hydrogen (secondary N) is 1. The fraction of sp³-hybridized carbons (Fsp3) is 0.176. The molecule has 3 aromatic heterocycles. The van der Waals surface area contributed by atoms with Crippen LogP contribution >= 0.6 is 22.9 Å². The van der Waals surface area contributed by atoms with Crippen LogP contribution in [0, 0.1) is 0 Å². The highest BCUT2D eigenvalue weighted by atomic mass is 32.1. The highest BCUT2D eigenvalue weighted by Gasteiger charge is 2.36. The molecule has 124 valence electrons. The molecule has 1 N–H and O–H groups in total. The summed E-state index contributed by atoms with van der Waals surface area (Å²) in [5.74, 6) is -0.0216. The van der Waals surface area contributed by atoms with Crippen molar-refractivity contribution in [1.29, 1.82) is 0 Å². The predicted molar refractivity (Wildman–Crippen MR) is 96.9 cm³/mol. The molecule has 0 unspecified atom stereocenters. The third-order valence-corrected chi connectivity index (χ3v) is 6.08. The molecule has 0 saturated carbocycles. The van der Waals surface area contributed by atoms with Crippen LogP contribution in [0.2, 0.25) is 0 Å². The Morgan fingerprint density at radius 3 is 3.08 bits per heavy atom. The van der Waals surface area contributed by atoms with E-state index in [0.717, 1.165) is 33.0 Å². The molecular weight excluding hydrogens is 354 g/mol. The van der Waals surface area contributed by atoms with Gasteiger partial charge in [-0.3, -0.25) is 4.79 Å². The Balaban J connectivity index is 1.64. The summed E-state index contributed by atoms with van der Waals surface area (Å²) in [6.07, 6.45) is 4.09. The highest BCUT2D eigenvalue weighted by molar-refractivity contribution is 7.18. The molecule has 0 bridgehead atoms. The maximum atomic E-state index is 13.0. The van der Waals surface area contributed by atoms with E-state index in [4.69, 9.17) is 4.98 Å². The van der Waals surface area contributed by atoms with Crippen LogP contribution in [0.5, 0.6) is 0 Å². The number of aromatic amines is 1. The van der Waals surface area contributed by atoms with Gasteiger partial charge in [-0.25, -0.2) is 14.3 Å². The lowest BCUT2D eigenvalue weighted by atomic mass is 10.0. The molecule has 1 amide bonds. The van der Waals surface area contributed by atoms with E-state index in [0.29, 0.717) is 12.1 Å². The fourth-order valence-electron chi connectivity index (χ4n) is 3.23. The average Bonchev–Trinajstić information content (AvgIpc) is 3.39.